The third-order valence-electron chi connectivity index (χ3n) is 7.81. The van der Waals surface area contributed by atoms with Crippen molar-refractivity contribution in [2.45, 2.75) is 129 Å². The van der Waals surface area contributed by atoms with Crippen molar-refractivity contribution in [3.8, 4) is 0 Å². The Balaban J connectivity index is 1.67. The van der Waals surface area contributed by atoms with Crippen LogP contribution in [0.2, 0.25) is 0 Å². The van der Waals surface area contributed by atoms with Gasteiger partial charge in [-0.25, -0.2) is 4.79 Å². The van der Waals surface area contributed by atoms with Gasteiger partial charge >= 0.3 is 6.09 Å². The van der Waals surface area contributed by atoms with E-state index in [1.165, 1.54) is 0 Å². The lowest BCUT2D eigenvalue weighted by atomic mass is 9.98. The van der Waals surface area contributed by atoms with E-state index in [0.29, 0.717) is 39.5 Å². The van der Waals surface area contributed by atoms with Gasteiger partial charge in [-0.2, -0.15) is 0 Å². The van der Waals surface area contributed by atoms with Crippen molar-refractivity contribution in [1.82, 2.24) is 15.1 Å². The quantitative estimate of drug-likeness (QED) is 0.295. The molecule has 11 heteroatoms. The summed E-state index contributed by atoms with van der Waals surface area (Å²) < 4.78 is 42.3. The van der Waals surface area contributed by atoms with E-state index in [2.05, 4.69) is 31.0 Å². The van der Waals surface area contributed by atoms with Gasteiger partial charge in [0.05, 0.1) is 88.9 Å². The summed E-state index contributed by atoms with van der Waals surface area (Å²) in [6, 6.07) is 0.236. The first-order valence-electron chi connectivity index (χ1n) is 16.5. The van der Waals surface area contributed by atoms with Crippen LogP contribution in [0.25, 0.3) is 0 Å². The maximum Gasteiger partial charge on any atom is 0.410 e. The highest BCUT2D eigenvalue weighted by Crippen LogP contribution is 2.25. The number of hydrogen-bond acceptors (Lipinski definition) is 10. The van der Waals surface area contributed by atoms with Crippen LogP contribution in [0.3, 0.4) is 0 Å². The number of rotatable bonds is 15. The van der Waals surface area contributed by atoms with Crippen LogP contribution in [0.15, 0.2) is 0 Å². The van der Waals surface area contributed by atoms with Crippen molar-refractivity contribution in [3.05, 3.63) is 0 Å². The van der Waals surface area contributed by atoms with Gasteiger partial charge < -0.3 is 43.4 Å². The average Bonchev–Trinajstić information content (AvgIpc) is 2.95. The predicted octanol–water partition coefficient (Wildman–Crippen LogP) is 3.47. The van der Waals surface area contributed by atoms with Crippen LogP contribution in [0.1, 0.15) is 74.7 Å². The zero-order valence-electron chi connectivity index (χ0n) is 28.2. The summed E-state index contributed by atoms with van der Waals surface area (Å²) in [5, 5.41) is 3.37. The molecular weight excluding hydrogens is 554 g/mol. The molecule has 1 N–H and O–H groups in total. The van der Waals surface area contributed by atoms with E-state index in [-0.39, 0.29) is 54.9 Å². The Morgan fingerprint density at radius 3 is 2.14 bits per heavy atom. The molecule has 0 radical (unpaired) electrons. The molecule has 6 unspecified atom stereocenters. The van der Waals surface area contributed by atoms with Crippen molar-refractivity contribution < 1.29 is 38.0 Å². The van der Waals surface area contributed by atoms with Crippen LogP contribution in [-0.2, 0) is 33.2 Å². The number of nitrogens with zero attached hydrogens (tertiary/aromatic N) is 2. The van der Waals surface area contributed by atoms with E-state index >= 15 is 0 Å². The second kappa shape index (κ2) is 18.2. The molecule has 0 spiro atoms. The zero-order chi connectivity index (χ0) is 31.4. The largest absolute Gasteiger partial charge is 0.444 e. The molecule has 0 aromatic rings. The third-order valence-corrected chi connectivity index (χ3v) is 7.81. The van der Waals surface area contributed by atoms with Gasteiger partial charge in [-0.15, -0.1) is 0 Å². The molecule has 0 aromatic carbocycles. The van der Waals surface area contributed by atoms with Crippen molar-refractivity contribution in [1.29, 1.82) is 0 Å². The topological polar surface area (TPSA) is 100 Å². The minimum absolute atomic E-state index is 0.0287. The fourth-order valence-electron chi connectivity index (χ4n) is 5.66. The molecule has 3 fully saturated rings. The first kappa shape index (κ1) is 36.4. The van der Waals surface area contributed by atoms with Crippen LogP contribution >= 0.6 is 0 Å². The molecule has 0 aliphatic carbocycles. The molecule has 0 bridgehead atoms. The molecule has 6 atom stereocenters. The first-order chi connectivity index (χ1) is 20.4. The number of carbonyl (C=O) groups is 1. The van der Waals surface area contributed by atoms with Crippen molar-refractivity contribution in [3.63, 3.8) is 0 Å². The molecule has 3 aliphatic rings. The van der Waals surface area contributed by atoms with Crippen LogP contribution < -0.4 is 5.32 Å². The molecule has 1 amide bonds. The van der Waals surface area contributed by atoms with Crippen LogP contribution in [0.5, 0.6) is 0 Å². The Hall–Kier alpha value is -1.05. The highest BCUT2D eigenvalue weighted by atomic mass is 16.6. The third kappa shape index (κ3) is 14.3. The summed E-state index contributed by atoms with van der Waals surface area (Å²) in [7, 11) is 0. The van der Waals surface area contributed by atoms with Gasteiger partial charge in [0.25, 0.3) is 0 Å². The lowest BCUT2D eigenvalue weighted by Gasteiger charge is -2.43. The normalized spacial score (nSPS) is 27.4. The number of morpholine rings is 3. The zero-order valence-corrected chi connectivity index (χ0v) is 28.2. The van der Waals surface area contributed by atoms with E-state index in [1.807, 2.05) is 34.6 Å². The monoisotopic (exact) mass is 615 g/mol. The minimum Gasteiger partial charge on any atom is -0.444 e. The fraction of sp³-hybridized carbons (Fsp3) is 0.969. The highest BCUT2D eigenvalue weighted by molar-refractivity contribution is 5.68. The number of amides is 1. The Kier molecular flexibility index (Phi) is 15.4. The van der Waals surface area contributed by atoms with E-state index in [1.54, 1.807) is 4.90 Å². The van der Waals surface area contributed by atoms with Crippen molar-refractivity contribution >= 4 is 6.09 Å². The molecule has 11 nitrogen and oxygen atoms in total. The Morgan fingerprint density at radius 2 is 1.49 bits per heavy atom. The van der Waals surface area contributed by atoms with Gasteiger partial charge in [-0.3, -0.25) is 4.90 Å². The van der Waals surface area contributed by atoms with Gasteiger partial charge in [0.2, 0.25) is 0 Å². The van der Waals surface area contributed by atoms with Gasteiger partial charge in [0.15, 0.2) is 0 Å². The van der Waals surface area contributed by atoms with Gasteiger partial charge in [0.1, 0.15) is 5.60 Å². The summed E-state index contributed by atoms with van der Waals surface area (Å²) in [5.74, 6) is 0. The van der Waals surface area contributed by atoms with E-state index in [4.69, 9.17) is 33.2 Å². The summed E-state index contributed by atoms with van der Waals surface area (Å²) in [6.45, 7) is 23.3. The lowest BCUT2D eigenvalue weighted by molar-refractivity contribution is -0.132. The molecule has 252 valence electrons. The number of hydrogen-bond donors (Lipinski definition) is 1. The second-order valence-corrected chi connectivity index (χ2v) is 13.8. The molecule has 3 rings (SSSR count). The molecule has 3 saturated heterocycles. The molecular formula is C32H61N3O8. The average molecular weight is 616 g/mol. The maximum atomic E-state index is 13.2. The second-order valence-electron chi connectivity index (χ2n) is 13.8. The number of nitrogens with one attached hydrogen (secondary N) is 1. The van der Waals surface area contributed by atoms with Crippen LogP contribution in [0, 0.1) is 0 Å². The summed E-state index contributed by atoms with van der Waals surface area (Å²) in [6.07, 6.45) is 2.48. The van der Waals surface area contributed by atoms with Crippen molar-refractivity contribution in [2.24, 2.45) is 0 Å². The number of carbonyl (C=O) groups excluding carboxylic acids is 1. The minimum atomic E-state index is -0.562. The van der Waals surface area contributed by atoms with E-state index < -0.39 is 5.60 Å². The van der Waals surface area contributed by atoms with Crippen LogP contribution in [0.4, 0.5) is 4.79 Å². The smallest absolute Gasteiger partial charge is 0.410 e. The fourth-order valence-corrected chi connectivity index (χ4v) is 5.66. The molecule has 3 heterocycles. The molecule has 43 heavy (non-hydrogen) atoms. The van der Waals surface area contributed by atoms with Crippen molar-refractivity contribution in [2.75, 3.05) is 72.3 Å². The standard InChI is InChI=1S/C32H61N3O8/c1-23(2)39-21-29-18-34(12-14-38-29)26(10-9-25(5)41-20-28-16-33-11-13-37-28)15-27-17-35(31(36)43-32(6,7)8)19-30(42-27)22-40-24(3)4/h23-30,33H,9-22H2,1-8H3. The van der Waals surface area contributed by atoms with Gasteiger partial charge in [-0.1, -0.05) is 0 Å². The first-order valence-corrected chi connectivity index (χ1v) is 16.5. The van der Waals surface area contributed by atoms with Gasteiger partial charge in [-0.05, 0) is 74.7 Å². The summed E-state index contributed by atoms with van der Waals surface area (Å²) in [5.41, 5.74) is -0.562. The van der Waals surface area contributed by atoms with E-state index in [9.17, 15) is 4.79 Å². The Bertz CT molecular complexity index is 789. The maximum absolute atomic E-state index is 13.2. The lowest BCUT2D eigenvalue weighted by Crippen LogP contribution is -2.55. The summed E-state index contributed by atoms with van der Waals surface area (Å²) >= 11 is 0. The van der Waals surface area contributed by atoms with Gasteiger partial charge in [0, 0.05) is 32.2 Å². The predicted molar refractivity (Wildman–Crippen MR) is 166 cm³/mol. The number of ether oxygens (including phenoxy) is 7. The van der Waals surface area contributed by atoms with Crippen LogP contribution in [-0.4, -0.2) is 143 Å². The Morgan fingerprint density at radius 1 is 0.837 bits per heavy atom. The van der Waals surface area contributed by atoms with E-state index in [0.717, 1.165) is 52.0 Å². The SMILES string of the molecule is CC(C)OCC1CN(C(CCC(C)OCC2CNCCO2)CC2CN(C(=O)OC(C)(C)C)CC(COC(C)C)O2)CCO1. The highest BCUT2D eigenvalue weighted by Gasteiger charge is 2.36. The molecule has 0 aromatic heterocycles. The molecule has 3 aliphatic heterocycles. The summed E-state index contributed by atoms with van der Waals surface area (Å²) in [4.78, 5) is 17.5. The molecule has 0 saturated carbocycles. The Labute approximate surface area is 260 Å².